The van der Waals surface area contributed by atoms with Gasteiger partial charge in [0.25, 0.3) is 0 Å². The van der Waals surface area contributed by atoms with Crippen molar-refractivity contribution in [3.63, 3.8) is 0 Å². The van der Waals surface area contributed by atoms with Crippen molar-refractivity contribution in [3.8, 4) is 0 Å². The van der Waals surface area contributed by atoms with Gasteiger partial charge in [0.05, 0.1) is 145 Å². The van der Waals surface area contributed by atoms with E-state index in [2.05, 4.69) is 6.92 Å². The van der Waals surface area contributed by atoms with Crippen LogP contribution in [0.3, 0.4) is 0 Å². The molecule has 0 aromatic rings. The summed E-state index contributed by atoms with van der Waals surface area (Å²) in [6, 6.07) is 0. The first-order valence-electron chi connectivity index (χ1n) is 22.8. The van der Waals surface area contributed by atoms with E-state index in [9.17, 15) is 4.79 Å². The van der Waals surface area contributed by atoms with Gasteiger partial charge in [-0.2, -0.15) is 0 Å². The van der Waals surface area contributed by atoms with Crippen LogP contribution in [-0.2, 0) is 4.79 Å². The number of aliphatic hydroxyl groups excluding tert-OH is 33. The Bertz CT molecular complexity index is 650. The van der Waals surface area contributed by atoms with Crippen LogP contribution in [0.15, 0.2) is 0 Å². The van der Waals surface area contributed by atoms with E-state index in [1.54, 1.807) is 0 Å². The molecule has 0 amide bonds. The lowest BCUT2D eigenvalue weighted by atomic mass is 10.1. The largest absolute Gasteiger partial charge is 0.481 e. The summed E-state index contributed by atoms with van der Waals surface area (Å²) in [7, 11) is 0. The lowest BCUT2D eigenvalue weighted by Crippen LogP contribution is -2.15. The molecule has 0 unspecified atom stereocenters. The molecule has 0 saturated heterocycles. The molecule has 0 spiro atoms. The van der Waals surface area contributed by atoms with Gasteiger partial charge in [0.2, 0.25) is 0 Å². The topological polar surface area (TPSA) is 705 Å². The maximum atomic E-state index is 10.0. The summed E-state index contributed by atoms with van der Waals surface area (Å²) in [6.07, 6.45) is -4.61. The molecule has 478 valence electrons. The fourth-order valence-electron chi connectivity index (χ4n) is 1.51. The molecule has 0 bridgehead atoms. The first-order chi connectivity index (χ1) is 35.7. The summed E-state index contributed by atoms with van der Waals surface area (Å²) in [5.74, 6) is -0.670. The first-order valence-corrected chi connectivity index (χ1v) is 22.8. The second-order valence-corrected chi connectivity index (χ2v) is 13.8. The average molecular weight is 1160 g/mol. The lowest BCUT2D eigenvalue weighted by Gasteiger charge is -1.96. The number of carboxylic acid groups (broad SMARTS) is 1. The van der Waals surface area contributed by atoms with Crippen molar-refractivity contribution in [2.45, 2.75) is 113 Å². The Morgan fingerprint density at radius 2 is 0.329 bits per heavy atom. The quantitative estimate of drug-likeness (QED) is 0.0324. The highest BCUT2D eigenvalue weighted by molar-refractivity contribution is 5.66. The number of unbranched alkanes of at least 4 members (excludes halogenated alkanes) is 4. The number of carbonyl (C=O) groups is 1. The van der Waals surface area contributed by atoms with Gasteiger partial charge in [-0.1, -0.05) is 32.6 Å². The van der Waals surface area contributed by atoms with Crippen LogP contribution in [0.5, 0.6) is 0 Å². The molecule has 0 atom stereocenters. The Balaban J connectivity index is -0.0000000590. The minimum absolute atomic E-state index is 0.337. The summed E-state index contributed by atoms with van der Waals surface area (Å²) < 4.78 is 0. The van der Waals surface area contributed by atoms with Crippen LogP contribution in [0, 0.1) is 0 Å². The molecule has 76 heavy (non-hydrogen) atoms. The highest BCUT2D eigenvalue weighted by Gasteiger charge is 1.99. The minimum atomic E-state index is -0.954. The summed E-state index contributed by atoms with van der Waals surface area (Å²) in [5.41, 5.74) is 0. The van der Waals surface area contributed by atoms with Crippen LogP contribution in [0.1, 0.15) is 45.4 Å². The maximum absolute atomic E-state index is 10.0. The Morgan fingerprint density at radius 1 is 0.224 bits per heavy atom. The summed E-state index contributed by atoms with van der Waals surface area (Å²) in [6.45, 7) is -5.87. The second-order valence-electron chi connectivity index (χ2n) is 13.8. The number of aliphatic hydroxyl groups is 33. The normalized spacial score (nSPS) is 9.96. The van der Waals surface area contributed by atoms with Crippen molar-refractivity contribution in [1.29, 1.82) is 0 Å². The molecule has 0 aliphatic heterocycles. The third-order valence-electron chi connectivity index (χ3n) is 6.13. The monoisotopic (exact) mass is 1160 g/mol. The van der Waals surface area contributed by atoms with E-state index in [1.807, 2.05) is 0 Å². The van der Waals surface area contributed by atoms with Crippen LogP contribution in [0.25, 0.3) is 0 Å². The SMILES string of the molecule is CCCCCCCC(=O)O.OCC(O)CO.OCC(O)CO.OCC(O)CO.OCC(O)CO.OCC(O)CO.OCC(O)CO.OCC(O)CO.OCC(O)CO.OCC(O)CO.OCC(O)CO.OCC(O)CO. The molecule has 0 aliphatic rings. The van der Waals surface area contributed by atoms with Gasteiger partial charge in [0.15, 0.2) is 0 Å². The molecule has 0 heterocycles. The number of rotatable bonds is 28. The van der Waals surface area contributed by atoms with Crippen molar-refractivity contribution >= 4 is 5.97 Å². The molecule has 0 radical (unpaired) electrons. The standard InChI is InChI=1S/C8H16O2.11C3H8O3/c1-2-3-4-5-6-7-8(9)10;11*4-1-3(6)2-5/h2-7H2,1H3,(H,9,10);11*3-6H,1-2H2. The number of aliphatic carboxylic acids is 1. The Hall–Kier alpha value is -1.85. The van der Waals surface area contributed by atoms with Crippen molar-refractivity contribution in [3.05, 3.63) is 0 Å². The lowest BCUT2D eigenvalue weighted by molar-refractivity contribution is -0.137. The van der Waals surface area contributed by atoms with E-state index in [0.717, 1.165) is 12.8 Å². The Morgan fingerprint density at radius 3 is 0.395 bits per heavy atom. The molecule has 0 aromatic heterocycles. The van der Waals surface area contributed by atoms with E-state index in [-0.39, 0.29) is 145 Å². The Labute approximate surface area is 442 Å². The molecule has 0 aliphatic carbocycles. The molecule has 0 saturated carbocycles. The average Bonchev–Trinajstić information content (AvgIpc) is 3.47. The van der Waals surface area contributed by atoms with Crippen LogP contribution in [0.4, 0.5) is 0 Å². The van der Waals surface area contributed by atoms with E-state index in [1.165, 1.54) is 19.3 Å². The predicted molar refractivity (Wildman–Crippen MR) is 263 cm³/mol. The van der Waals surface area contributed by atoms with Crippen LogP contribution in [-0.4, -0.2) is 392 Å². The third-order valence-corrected chi connectivity index (χ3v) is 6.13. The predicted octanol–water partition coefficient (Wildman–Crippen LogP) is -15.9. The number of carboxylic acids is 1. The van der Waals surface area contributed by atoms with Gasteiger partial charge in [-0.05, 0) is 6.42 Å². The highest BCUT2D eigenvalue weighted by Crippen LogP contribution is 2.04. The molecule has 0 rings (SSSR count). The molecule has 0 fully saturated rings. The van der Waals surface area contributed by atoms with Gasteiger partial charge in [-0.25, -0.2) is 0 Å². The van der Waals surface area contributed by atoms with Gasteiger partial charge >= 0.3 is 5.97 Å². The molecular formula is C41H104O35. The number of hydrogen-bond donors (Lipinski definition) is 34. The molecule has 0 aromatic carbocycles. The zero-order valence-electron chi connectivity index (χ0n) is 43.3. The zero-order valence-corrected chi connectivity index (χ0v) is 43.3. The maximum Gasteiger partial charge on any atom is 0.303 e. The summed E-state index contributed by atoms with van der Waals surface area (Å²) >= 11 is 0. The van der Waals surface area contributed by atoms with Crippen LogP contribution < -0.4 is 0 Å². The molecule has 34 N–H and O–H groups in total. The fourth-order valence-corrected chi connectivity index (χ4v) is 1.51. The second kappa shape index (κ2) is 98.6. The van der Waals surface area contributed by atoms with Crippen molar-refractivity contribution in [1.82, 2.24) is 0 Å². The van der Waals surface area contributed by atoms with E-state index in [0.29, 0.717) is 6.42 Å². The number of hydrogen-bond acceptors (Lipinski definition) is 34. The molecule has 35 heteroatoms. The minimum Gasteiger partial charge on any atom is -0.481 e. The first kappa shape index (κ1) is 103. The smallest absolute Gasteiger partial charge is 0.303 e. The van der Waals surface area contributed by atoms with E-state index in [4.69, 9.17) is 174 Å². The van der Waals surface area contributed by atoms with Gasteiger partial charge in [-0.15, -0.1) is 0 Å². The van der Waals surface area contributed by atoms with Crippen LogP contribution >= 0.6 is 0 Å². The van der Waals surface area contributed by atoms with Crippen molar-refractivity contribution in [2.75, 3.05) is 145 Å². The zero-order chi connectivity index (χ0) is 62.7. The van der Waals surface area contributed by atoms with E-state index < -0.39 is 73.1 Å². The molecule has 35 nitrogen and oxygen atoms in total. The van der Waals surface area contributed by atoms with Crippen molar-refractivity contribution in [2.24, 2.45) is 0 Å². The molecular weight excluding hydrogens is 1050 g/mol. The van der Waals surface area contributed by atoms with Crippen molar-refractivity contribution < 1.29 is 178 Å². The summed E-state index contributed by atoms with van der Waals surface area (Å²) in [5, 5.41) is 272. The van der Waals surface area contributed by atoms with Gasteiger partial charge in [0, 0.05) is 6.42 Å². The highest BCUT2D eigenvalue weighted by atomic mass is 16.4. The fraction of sp³-hybridized carbons (Fsp3) is 0.976. The van der Waals surface area contributed by atoms with Gasteiger partial charge in [-0.3, -0.25) is 4.79 Å². The van der Waals surface area contributed by atoms with Gasteiger partial charge in [0.1, 0.15) is 67.1 Å². The van der Waals surface area contributed by atoms with Crippen LogP contribution in [0.2, 0.25) is 0 Å². The summed E-state index contributed by atoms with van der Waals surface area (Å²) in [4.78, 5) is 10.0. The Kier molecular flexibility index (Phi) is 133. The third kappa shape index (κ3) is 151. The van der Waals surface area contributed by atoms with Gasteiger partial charge < -0.3 is 174 Å². The van der Waals surface area contributed by atoms with E-state index >= 15 is 0 Å².